The smallest absolute Gasteiger partial charge is 0.154 e. The van der Waals surface area contributed by atoms with Crippen molar-refractivity contribution in [3.8, 4) is 11.1 Å². The van der Waals surface area contributed by atoms with Gasteiger partial charge in [-0.25, -0.2) is 9.97 Å². The number of likely N-dealkylation sites (tertiary alicyclic amines) is 1. The Morgan fingerprint density at radius 3 is 2.77 bits per heavy atom. The van der Waals surface area contributed by atoms with E-state index in [4.69, 9.17) is 0 Å². The molecule has 0 atom stereocenters. The third-order valence-corrected chi connectivity index (χ3v) is 4.88. The summed E-state index contributed by atoms with van der Waals surface area (Å²) in [4.78, 5) is 23.5. The first-order valence-electron chi connectivity index (χ1n) is 9.24. The number of ketones is 1. The van der Waals surface area contributed by atoms with Crippen molar-refractivity contribution in [1.82, 2.24) is 24.6 Å². The highest BCUT2D eigenvalue weighted by Gasteiger charge is 2.16. The molecular formula is C20H23N5O. The standard InChI is InChI=1S/C20H23N5O/c1-2-25-13-17(12-22-25)15-5-6-16-11-21-20(23-19(16)9-15)10-18(26)14-24-7-3-4-8-24/h5-6,9,11-13H,2-4,7-8,10,14H2,1H3. The first-order chi connectivity index (χ1) is 12.7. The lowest BCUT2D eigenvalue weighted by atomic mass is 10.1. The van der Waals surface area contributed by atoms with Crippen molar-refractivity contribution in [1.29, 1.82) is 0 Å². The molecule has 1 aliphatic heterocycles. The van der Waals surface area contributed by atoms with Crippen LogP contribution in [0.2, 0.25) is 0 Å². The molecule has 0 spiro atoms. The van der Waals surface area contributed by atoms with Gasteiger partial charge in [-0.1, -0.05) is 12.1 Å². The third kappa shape index (κ3) is 3.65. The molecule has 0 radical (unpaired) electrons. The Labute approximate surface area is 152 Å². The van der Waals surface area contributed by atoms with E-state index in [0.29, 0.717) is 18.8 Å². The lowest BCUT2D eigenvalue weighted by Gasteiger charge is -2.12. The number of hydrogen-bond acceptors (Lipinski definition) is 5. The van der Waals surface area contributed by atoms with Gasteiger partial charge in [-0.3, -0.25) is 14.4 Å². The minimum absolute atomic E-state index is 0.187. The maximum Gasteiger partial charge on any atom is 0.154 e. The van der Waals surface area contributed by atoms with Crippen molar-refractivity contribution < 1.29 is 4.79 Å². The van der Waals surface area contributed by atoms with E-state index in [1.807, 2.05) is 29.2 Å². The van der Waals surface area contributed by atoms with E-state index in [0.717, 1.165) is 41.7 Å². The van der Waals surface area contributed by atoms with Gasteiger partial charge in [-0.15, -0.1) is 0 Å². The fourth-order valence-electron chi connectivity index (χ4n) is 3.43. The second-order valence-corrected chi connectivity index (χ2v) is 6.84. The Hall–Kier alpha value is -2.60. The van der Waals surface area contributed by atoms with E-state index in [2.05, 4.69) is 33.0 Å². The van der Waals surface area contributed by atoms with Gasteiger partial charge < -0.3 is 0 Å². The van der Waals surface area contributed by atoms with Crippen LogP contribution < -0.4 is 0 Å². The molecule has 26 heavy (non-hydrogen) atoms. The zero-order valence-electron chi connectivity index (χ0n) is 15.1. The number of rotatable bonds is 6. The molecular weight excluding hydrogens is 326 g/mol. The van der Waals surface area contributed by atoms with Gasteiger partial charge >= 0.3 is 0 Å². The molecule has 0 bridgehead atoms. The fraction of sp³-hybridized carbons (Fsp3) is 0.400. The number of fused-ring (bicyclic) bond motifs is 1. The van der Waals surface area contributed by atoms with Crippen LogP contribution in [0, 0.1) is 0 Å². The molecule has 1 saturated heterocycles. The largest absolute Gasteiger partial charge is 0.298 e. The first kappa shape index (κ1) is 16.8. The summed E-state index contributed by atoms with van der Waals surface area (Å²) in [5, 5.41) is 5.31. The lowest BCUT2D eigenvalue weighted by Crippen LogP contribution is -2.28. The summed E-state index contributed by atoms with van der Waals surface area (Å²) in [5.41, 5.74) is 3.01. The van der Waals surface area contributed by atoms with Crippen molar-refractivity contribution in [2.75, 3.05) is 19.6 Å². The summed E-state index contributed by atoms with van der Waals surface area (Å²) in [6.07, 6.45) is 8.38. The molecule has 0 N–H and O–H groups in total. The van der Waals surface area contributed by atoms with E-state index in [9.17, 15) is 4.79 Å². The Kier molecular flexibility index (Phi) is 4.75. The average Bonchev–Trinajstić information content (AvgIpc) is 3.32. The normalized spacial score (nSPS) is 15.0. The molecule has 1 fully saturated rings. The predicted molar refractivity (Wildman–Crippen MR) is 101 cm³/mol. The number of nitrogens with zero attached hydrogens (tertiary/aromatic N) is 5. The molecule has 4 rings (SSSR count). The summed E-state index contributed by atoms with van der Waals surface area (Å²) < 4.78 is 1.90. The van der Waals surface area contributed by atoms with Crippen LogP contribution in [0.5, 0.6) is 0 Å². The number of Topliss-reactive ketones (excluding diaryl/α,β-unsaturated/α-hetero) is 1. The molecule has 0 amide bonds. The van der Waals surface area contributed by atoms with Crippen LogP contribution in [0.25, 0.3) is 22.0 Å². The quantitative estimate of drug-likeness (QED) is 0.685. The van der Waals surface area contributed by atoms with Crippen molar-refractivity contribution in [3.63, 3.8) is 0 Å². The zero-order chi connectivity index (χ0) is 17.9. The van der Waals surface area contributed by atoms with Crippen LogP contribution >= 0.6 is 0 Å². The van der Waals surface area contributed by atoms with Gasteiger partial charge in [0.25, 0.3) is 0 Å². The molecule has 6 heteroatoms. The molecule has 2 aromatic heterocycles. The van der Waals surface area contributed by atoms with Gasteiger partial charge in [-0.05, 0) is 44.5 Å². The molecule has 0 unspecified atom stereocenters. The van der Waals surface area contributed by atoms with Crippen molar-refractivity contribution in [2.24, 2.45) is 0 Å². The minimum atomic E-state index is 0.187. The summed E-state index contributed by atoms with van der Waals surface area (Å²) >= 11 is 0. The van der Waals surface area contributed by atoms with Crippen molar-refractivity contribution in [2.45, 2.75) is 32.7 Å². The first-order valence-corrected chi connectivity index (χ1v) is 9.24. The van der Waals surface area contributed by atoms with Crippen LogP contribution in [0.15, 0.2) is 36.8 Å². The van der Waals surface area contributed by atoms with E-state index in [1.54, 1.807) is 6.20 Å². The highest BCUT2D eigenvalue weighted by molar-refractivity contribution is 5.85. The molecule has 3 aromatic rings. The number of aryl methyl sites for hydroxylation is 1. The average molecular weight is 349 g/mol. The minimum Gasteiger partial charge on any atom is -0.298 e. The molecule has 3 heterocycles. The maximum atomic E-state index is 12.3. The third-order valence-electron chi connectivity index (χ3n) is 4.88. The van der Waals surface area contributed by atoms with E-state index >= 15 is 0 Å². The predicted octanol–water partition coefficient (Wildman–Crippen LogP) is 2.72. The van der Waals surface area contributed by atoms with Gasteiger partial charge in [0.2, 0.25) is 0 Å². The topological polar surface area (TPSA) is 63.9 Å². The number of hydrogen-bond donors (Lipinski definition) is 0. The fourth-order valence-corrected chi connectivity index (χ4v) is 3.43. The second-order valence-electron chi connectivity index (χ2n) is 6.84. The van der Waals surface area contributed by atoms with Gasteiger partial charge in [0, 0.05) is 29.9 Å². The highest BCUT2D eigenvalue weighted by atomic mass is 16.1. The molecule has 0 saturated carbocycles. The molecule has 0 aliphatic carbocycles. The van der Waals surface area contributed by atoms with Gasteiger partial charge in [0.05, 0.1) is 24.7 Å². The summed E-state index contributed by atoms with van der Waals surface area (Å²) in [7, 11) is 0. The lowest BCUT2D eigenvalue weighted by molar-refractivity contribution is -0.119. The number of carbonyl (C=O) groups excluding carboxylic acids is 1. The highest BCUT2D eigenvalue weighted by Crippen LogP contribution is 2.23. The number of benzene rings is 1. The van der Waals surface area contributed by atoms with E-state index < -0.39 is 0 Å². The molecule has 134 valence electrons. The molecule has 1 aromatic carbocycles. The summed E-state index contributed by atoms with van der Waals surface area (Å²) in [6, 6.07) is 6.12. The summed E-state index contributed by atoms with van der Waals surface area (Å²) in [5.74, 6) is 0.787. The Morgan fingerprint density at radius 2 is 2.00 bits per heavy atom. The zero-order valence-corrected chi connectivity index (χ0v) is 15.1. The Bertz CT molecular complexity index is 927. The second kappa shape index (κ2) is 7.33. The van der Waals surface area contributed by atoms with Gasteiger partial charge in [0.1, 0.15) is 5.82 Å². The van der Waals surface area contributed by atoms with Gasteiger partial charge in [-0.2, -0.15) is 5.10 Å². The van der Waals surface area contributed by atoms with Crippen molar-refractivity contribution >= 4 is 16.7 Å². The van der Waals surface area contributed by atoms with Crippen molar-refractivity contribution in [3.05, 3.63) is 42.6 Å². The maximum absolute atomic E-state index is 12.3. The van der Waals surface area contributed by atoms with Gasteiger partial charge in [0.15, 0.2) is 5.78 Å². The monoisotopic (exact) mass is 349 g/mol. The Morgan fingerprint density at radius 1 is 1.15 bits per heavy atom. The van der Waals surface area contributed by atoms with Crippen LogP contribution in [0.3, 0.4) is 0 Å². The van der Waals surface area contributed by atoms with E-state index in [-0.39, 0.29) is 5.78 Å². The van der Waals surface area contributed by atoms with Crippen LogP contribution in [-0.4, -0.2) is 50.1 Å². The van der Waals surface area contributed by atoms with E-state index in [1.165, 1.54) is 12.8 Å². The number of aromatic nitrogens is 4. The van der Waals surface area contributed by atoms with Crippen LogP contribution in [0.4, 0.5) is 0 Å². The SMILES string of the molecule is CCn1cc(-c2ccc3cnc(CC(=O)CN4CCCC4)nc3c2)cn1. The Balaban J connectivity index is 1.54. The molecule has 1 aliphatic rings. The number of carbonyl (C=O) groups is 1. The van der Waals surface area contributed by atoms with Crippen LogP contribution in [-0.2, 0) is 17.8 Å². The summed E-state index contributed by atoms with van der Waals surface area (Å²) in [6.45, 7) is 5.48. The van der Waals surface area contributed by atoms with Crippen LogP contribution in [0.1, 0.15) is 25.6 Å². The molecule has 6 nitrogen and oxygen atoms in total.